The van der Waals surface area contributed by atoms with Crippen molar-refractivity contribution in [2.45, 2.75) is 13.8 Å². The number of rotatable bonds is 1. The van der Waals surface area contributed by atoms with E-state index in [4.69, 9.17) is 17.3 Å². The van der Waals surface area contributed by atoms with Crippen LogP contribution in [0.25, 0.3) is 11.3 Å². The number of hydrogen-bond acceptors (Lipinski definition) is 2. The van der Waals surface area contributed by atoms with Gasteiger partial charge in [0.15, 0.2) is 0 Å². The third-order valence-electron chi connectivity index (χ3n) is 2.78. The molecule has 84 valence electrons. The molecule has 0 radical (unpaired) electrons. The summed E-state index contributed by atoms with van der Waals surface area (Å²) in [6.07, 6.45) is 0. The molecule has 0 spiro atoms. The van der Waals surface area contributed by atoms with Gasteiger partial charge >= 0.3 is 0 Å². The van der Waals surface area contributed by atoms with E-state index in [1.54, 1.807) is 4.68 Å². The highest BCUT2D eigenvalue weighted by atomic mass is 35.5. The van der Waals surface area contributed by atoms with Gasteiger partial charge in [0.05, 0.1) is 5.69 Å². The summed E-state index contributed by atoms with van der Waals surface area (Å²) in [6.45, 7) is 3.94. The number of anilines is 1. The first-order chi connectivity index (χ1) is 7.50. The van der Waals surface area contributed by atoms with Crippen LogP contribution in [0.15, 0.2) is 18.2 Å². The third-order valence-corrected chi connectivity index (χ3v) is 3.19. The van der Waals surface area contributed by atoms with E-state index in [2.05, 4.69) is 5.10 Å². The Morgan fingerprint density at radius 1 is 1.31 bits per heavy atom. The molecule has 0 fully saturated rings. The molecule has 0 aliphatic rings. The lowest BCUT2D eigenvalue weighted by molar-refractivity contribution is 0.782. The predicted molar refractivity (Wildman–Crippen MR) is 67.5 cm³/mol. The smallest absolute Gasteiger partial charge is 0.124 e. The molecule has 4 heteroatoms. The highest BCUT2D eigenvalue weighted by molar-refractivity contribution is 6.31. The normalized spacial score (nSPS) is 10.8. The molecule has 0 unspecified atom stereocenters. The van der Waals surface area contributed by atoms with Gasteiger partial charge < -0.3 is 5.73 Å². The van der Waals surface area contributed by atoms with Crippen molar-refractivity contribution >= 4 is 17.4 Å². The fourth-order valence-corrected chi connectivity index (χ4v) is 1.84. The molecule has 0 aliphatic heterocycles. The second kappa shape index (κ2) is 3.83. The molecule has 1 heterocycles. The first-order valence-corrected chi connectivity index (χ1v) is 5.44. The van der Waals surface area contributed by atoms with Gasteiger partial charge in [-0.05, 0) is 25.5 Å². The molecule has 0 aliphatic carbocycles. The lowest BCUT2D eigenvalue weighted by Gasteiger charge is -2.02. The maximum atomic E-state index is 6.10. The summed E-state index contributed by atoms with van der Waals surface area (Å²) in [4.78, 5) is 0. The molecule has 0 saturated carbocycles. The number of aryl methyl sites for hydroxylation is 2. The molecule has 2 aromatic rings. The summed E-state index contributed by atoms with van der Waals surface area (Å²) >= 11 is 6.10. The van der Waals surface area contributed by atoms with Gasteiger partial charge in [-0.25, -0.2) is 0 Å². The predicted octanol–water partition coefficient (Wildman–Crippen LogP) is 2.94. The van der Waals surface area contributed by atoms with Crippen molar-refractivity contribution in [2.75, 3.05) is 5.73 Å². The zero-order valence-electron chi connectivity index (χ0n) is 9.58. The van der Waals surface area contributed by atoms with E-state index < -0.39 is 0 Å². The maximum absolute atomic E-state index is 6.10. The van der Waals surface area contributed by atoms with Gasteiger partial charge in [0.2, 0.25) is 0 Å². The van der Waals surface area contributed by atoms with Crippen molar-refractivity contribution in [3.05, 3.63) is 34.3 Å². The molecule has 16 heavy (non-hydrogen) atoms. The quantitative estimate of drug-likeness (QED) is 0.826. The number of benzene rings is 1. The van der Waals surface area contributed by atoms with Crippen LogP contribution in [-0.2, 0) is 7.05 Å². The molecule has 0 atom stereocenters. The molecule has 1 aromatic heterocycles. The average molecular weight is 236 g/mol. The van der Waals surface area contributed by atoms with Crippen molar-refractivity contribution in [3.63, 3.8) is 0 Å². The van der Waals surface area contributed by atoms with Crippen LogP contribution >= 0.6 is 11.6 Å². The van der Waals surface area contributed by atoms with Crippen molar-refractivity contribution in [3.8, 4) is 11.3 Å². The molecule has 1 aromatic carbocycles. The highest BCUT2D eigenvalue weighted by Gasteiger charge is 2.11. The number of nitrogen functional groups attached to an aromatic ring is 1. The fraction of sp³-hybridized carbons (Fsp3) is 0.250. The van der Waals surface area contributed by atoms with Gasteiger partial charge in [-0.3, -0.25) is 4.68 Å². The third kappa shape index (κ3) is 1.67. The van der Waals surface area contributed by atoms with Crippen LogP contribution < -0.4 is 5.73 Å². The molecular formula is C12H14ClN3. The van der Waals surface area contributed by atoms with Crippen LogP contribution in [0.4, 0.5) is 5.82 Å². The molecule has 3 nitrogen and oxygen atoms in total. The SMILES string of the molecule is Cc1ccc(-c2nn(C)c(N)c2C)cc1Cl. The summed E-state index contributed by atoms with van der Waals surface area (Å²) in [5.74, 6) is 0.687. The zero-order valence-corrected chi connectivity index (χ0v) is 10.3. The van der Waals surface area contributed by atoms with Crippen LogP contribution in [0, 0.1) is 13.8 Å². The zero-order chi connectivity index (χ0) is 11.9. The second-order valence-corrected chi connectivity index (χ2v) is 4.35. The molecule has 2 rings (SSSR count). The first-order valence-electron chi connectivity index (χ1n) is 5.06. The summed E-state index contributed by atoms with van der Waals surface area (Å²) in [6, 6.07) is 5.92. The Morgan fingerprint density at radius 2 is 2.00 bits per heavy atom. The van der Waals surface area contributed by atoms with E-state index >= 15 is 0 Å². The minimum atomic E-state index is 0.687. The minimum absolute atomic E-state index is 0.687. The van der Waals surface area contributed by atoms with Crippen LogP contribution in [0.1, 0.15) is 11.1 Å². The number of halogens is 1. The Labute approximate surface area is 99.8 Å². The largest absolute Gasteiger partial charge is 0.384 e. The summed E-state index contributed by atoms with van der Waals surface area (Å²) < 4.78 is 1.68. The van der Waals surface area contributed by atoms with Crippen molar-refractivity contribution in [1.82, 2.24) is 9.78 Å². The van der Waals surface area contributed by atoms with E-state index in [1.807, 2.05) is 39.1 Å². The summed E-state index contributed by atoms with van der Waals surface area (Å²) in [5, 5.41) is 5.13. The first kappa shape index (κ1) is 11.0. The average Bonchev–Trinajstić information content (AvgIpc) is 2.50. The molecule has 2 N–H and O–H groups in total. The molecule has 0 amide bonds. The van der Waals surface area contributed by atoms with Gasteiger partial charge in [0.25, 0.3) is 0 Å². The van der Waals surface area contributed by atoms with Gasteiger partial charge in [-0.15, -0.1) is 0 Å². The van der Waals surface area contributed by atoms with Gasteiger partial charge in [-0.2, -0.15) is 5.10 Å². The maximum Gasteiger partial charge on any atom is 0.124 e. The lowest BCUT2D eigenvalue weighted by atomic mass is 10.1. The summed E-state index contributed by atoms with van der Waals surface area (Å²) in [7, 11) is 1.83. The van der Waals surface area contributed by atoms with E-state index in [-0.39, 0.29) is 0 Å². The second-order valence-electron chi connectivity index (χ2n) is 3.95. The monoisotopic (exact) mass is 235 g/mol. The topological polar surface area (TPSA) is 43.8 Å². The number of nitrogens with two attached hydrogens (primary N) is 1. The Hall–Kier alpha value is -1.48. The lowest BCUT2D eigenvalue weighted by Crippen LogP contribution is -1.97. The Bertz CT molecular complexity index is 543. The Balaban J connectivity index is 2.59. The van der Waals surface area contributed by atoms with Crippen LogP contribution in [-0.4, -0.2) is 9.78 Å². The van der Waals surface area contributed by atoms with E-state index in [1.165, 1.54) is 0 Å². The summed E-state index contributed by atoms with van der Waals surface area (Å²) in [5.41, 5.74) is 9.82. The van der Waals surface area contributed by atoms with Gasteiger partial charge in [-0.1, -0.05) is 23.7 Å². The number of hydrogen-bond donors (Lipinski definition) is 1. The molecule has 0 bridgehead atoms. The Morgan fingerprint density at radius 3 is 2.50 bits per heavy atom. The molecule has 0 saturated heterocycles. The van der Waals surface area contributed by atoms with Crippen LogP contribution in [0.2, 0.25) is 5.02 Å². The highest BCUT2D eigenvalue weighted by Crippen LogP contribution is 2.28. The van der Waals surface area contributed by atoms with Crippen molar-refractivity contribution in [1.29, 1.82) is 0 Å². The standard InChI is InChI=1S/C12H14ClN3/c1-7-4-5-9(6-10(7)13)11-8(2)12(14)16(3)15-11/h4-6H,14H2,1-3H3. The van der Waals surface area contributed by atoms with E-state index in [9.17, 15) is 0 Å². The van der Waals surface area contributed by atoms with Crippen molar-refractivity contribution < 1.29 is 0 Å². The van der Waals surface area contributed by atoms with Crippen LogP contribution in [0.5, 0.6) is 0 Å². The Kier molecular flexibility index (Phi) is 2.64. The minimum Gasteiger partial charge on any atom is -0.384 e. The van der Waals surface area contributed by atoms with Crippen molar-refractivity contribution in [2.24, 2.45) is 7.05 Å². The van der Waals surface area contributed by atoms with Gasteiger partial charge in [0.1, 0.15) is 5.82 Å². The van der Waals surface area contributed by atoms with Crippen LogP contribution in [0.3, 0.4) is 0 Å². The van der Waals surface area contributed by atoms with E-state index in [0.29, 0.717) is 5.82 Å². The van der Waals surface area contributed by atoms with Gasteiger partial charge in [0, 0.05) is 23.2 Å². The number of nitrogens with zero attached hydrogens (tertiary/aromatic N) is 2. The molecular weight excluding hydrogens is 222 g/mol. The fourth-order valence-electron chi connectivity index (χ4n) is 1.66. The van der Waals surface area contributed by atoms with E-state index in [0.717, 1.165) is 27.4 Å². The number of aromatic nitrogens is 2.